The summed E-state index contributed by atoms with van der Waals surface area (Å²) in [4.78, 5) is 0. The molecule has 0 bridgehead atoms. The molecule has 0 radical (unpaired) electrons. The topological polar surface area (TPSA) is 18.5 Å². The molecule has 0 spiro atoms. The van der Waals surface area contributed by atoms with E-state index in [0.29, 0.717) is 0 Å². The molecule has 0 aliphatic rings. The largest absolute Gasteiger partial charge is 0.398 e. The number of hydrogen-bond acceptors (Lipinski definition) is 2. The van der Waals surface area contributed by atoms with E-state index in [1.807, 2.05) is 14.2 Å². The van der Waals surface area contributed by atoms with E-state index in [1.165, 1.54) is 147 Å². The molecule has 0 saturated heterocycles. The molecule has 0 N–H and O–H groups in total. The highest BCUT2D eigenvalue weighted by Gasteiger charge is 2.33. The summed E-state index contributed by atoms with van der Waals surface area (Å²) in [5, 5.41) is 0. The maximum atomic E-state index is 5.96. The van der Waals surface area contributed by atoms with Crippen molar-refractivity contribution in [3.8, 4) is 0 Å². The molecule has 0 aromatic carbocycles. The van der Waals surface area contributed by atoms with Gasteiger partial charge in [-0.1, -0.05) is 149 Å². The minimum Gasteiger partial charge on any atom is -0.398 e. The fourth-order valence-electron chi connectivity index (χ4n) is 4.56. The molecule has 0 amide bonds. The van der Waals surface area contributed by atoms with Gasteiger partial charge in [-0.25, -0.2) is 0 Å². The Labute approximate surface area is 192 Å². The van der Waals surface area contributed by atoms with E-state index in [9.17, 15) is 0 Å². The summed E-state index contributed by atoms with van der Waals surface area (Å²) in [7, 11) is 1.86. The second-order valence-electron chi connectivity index (χ2n) is 9.54. The third-order valence-corrected chi connectivity index (χ3v) is 10.5. The molecule has 0 rings (SSSR count). The summed E-state index contributed by atoms with van der Waals surface area (Å²) < 4.78 is 11.9. The van der Waals surface area contributed by atoms with Crippen LogP contribution >= 0.6 is 0 Å². The van der Waals surface area contributed by atoms with E-state index >= 15 is 0 Å². The zero-order chi connectivity index (χ0) is 22.2. The normalized spacial score (nSPS) is 12.0. The van der Waals surface area contributed by atoms with Crippen LogP contribution < -0.4 is 0 Å². The molecule has 30 heavy (non-hydrogen) atoms. The monoisotopic (exact) mass is 442 g/mol. The van der Waals surface area contributed by atoms with E-state index in [-0.39, 0.29) is 0 Å². The van der Waals surface area contributed by atoms with Crippen LogP contribution in [0.3, 0.4) is 0 Å². The highest BCUT2D eigenvalue weighted by atomic mass is 28.4. The molecule has 182 valence electrons. The Morgan fingerprint density at radius 3 is 0.833 bits per heavy atom. The Morgan fingerprint density at radius 2 is 0.600 bits per heavy atom. The van der Waals surface area contributed by atoms with Crippen molar-refractivity contribution in [2.45, 2.75) is 161 Å². The van der Waals surface area contributed by atoms with Gasteiger partial charge in [-0.2, -0.15) is 0 Å². The molecule has 0 aromatic heterocycles. The zero-order valence-electron chi connectivity index (χ0n) is 21.6. The predicted octanol–water partition coefficient (Wildman–Crippen LogP) is 9.95. The predicted molar refractivity (Wildman–Crippen MR) is 138 cm³/mol. The van der Waals surface area contributed by atoms with Crippen molar-refractivity contribution in [3.05, 3.63) is 0 Å². The van der Waals surface area contributed by atoms with Gasteiger partial charge in [0.1, 0.15) is 0 Å². The summed E-state index contributed by atoms with van der Waals surface area (Å²) in [5.41, 5.74) is 0. The van der Waals surface area contributed by atoms with Crippen LogP contribution in [0.5, 0.6) is 0 Å². The molecule has 0 atom stereocenters. The lowest BCUT2D eigenvalue weighted by molar-refractivity contribution is 0.238. The molecular weight excluding hydrogens is 384 g/mol. The summed E-state index contributed by atoms with van der Waals surface area (Å²) in [6, 6.07) is 2.38. The van der Waals surface area contributed by atoms with Crippen molar-refractivity contribution < 1.29 is 8.85 Å². The third kappa shape index (κ3) is 18.9. The standard InChI is InChI=1S/C27H58O2Si/c1-5-7-9-11-13-14-15-16-17-18-19-21-23-25-27-30(28-3,29-4)26-24-22-20-12-10-8-6-2/h5-27H2,1-4H3. The van der Waals surface area contributed by atoms with Crippen molar-refractivity contribution in [2.24, 2.45) is 0 Å². The van der Waals surface area contributed by atoms with Crippen LogP contribution in [0.15, 0.2) is 0 Å². The van der Waals surface area contributed by atoms with E-state index < -0.39 is 8.56 Å². The molecule has 0 aromatic rings. The average molecular weight is 443 g/mol. The van der Waals surface area contributed by atoms with Gasteiger partial charge in [-0.15, -0.1) is 0 Å². The minimum absolute atomic E-state index is 1.19. The first-order valence-electron chi connectivity index (χ1n) is 13.8. The van der Waals surface area contributed by atoms with Gasteiger partial charge in [0.2, 0.25) is 0 Å². The van der Waals surface area contributed by atoms with Crippen LogP contribution in [0.25, 0.3) is 0 Å². The number of hydrogen-bond donors (Lipinski definition) is 0. The Hall–Kier alpha value is 0.137. The summed E-state index contributed by atoms with van der Waals surface area (Å²) in [5.74, 6) is 0. The smallest absolute Gasteiger partial charge is 0.337 e. The first kappa shape index (κ1) is 30.1. The maximum absolute atomic E-state index is 5.96. The lowest BCUT2D eigenvalue weighted by Gasteiger charge is -2.27. The van der Waals surface area contributed by atoms with Crippen molar-refractivity contribution >= 4 is 8.56 Å². The van der Waals surface area contributed by atoms with Crippen LogP contribution in [0.4, 0.5) is 0 Å². The number of rotatable bonds is 25. The second-order valence-corrected chi connectivity index (χ2v) is 13.2. The fourth-order valence-corrected chi connectivity index (χ4v) is 7.37. The van der Waals surface area contributed by atoms with Gasteiger partial charge in [0.05, 0.1) is 0 Å². The molecule has 0 saturated carbocycles. The highest BCUT2D eigenvalue weighted by molar-refractivity contribution is 6.67. The average Bonchev–Trinajstić information content (AvgIpc) is 2.77. The molecule has 0 aliphatic carbocycles. The Kier molecular flexibility index (Phi) is 23.9. The van der Waals surface area contributed by atoms with Crippen molar-refractivity contribution in [2.75, 3.05) is 14.2 Å². The van der Waals surface area contributed by atoms with Gasteiger partial charge in [0.15, 0.2) is 0 Å². The Morgan fingerprint density at radius 1 is 0.367 bits per heavy atom. The molecule has 3 heteroatoms. The van der Waals surface area contributed by atoms with Crippen LogP contribution in [-0.4, -0.2) is 22.8 Å². The summed E-state index contributed by atoms with van der Waals surface area (Å²) >= 11 is 0. The van der Waals surface area contributed by atoms with Crippen molar-refractivity contribution in [1.29, 1.82) is 0 Å². The van der Waals surface area contributed by atoms with Gasteiger partial charge in [-0.3, -0.25) is 0 Å². The molecule has 0 unspecified atom stereocenters. The fraction of sp³-hybridized carbons (Fsp3) is 1.00. The highest BCUT2D eigenvalue weighted by Crippen LogP contribution is 2.25. The maximum Gasteiger partial charge on any atom is 0.337 e. The van der Waals surface area contributed by atoms with Crippen LogP contribution in [0.2, 0.25) is 12.1 Å². The summed E-state index contributed by atoms with van der Waals surface area (Å²) in [6.07, 6.45) is 29.5. The van der Waals surface area contributed by atoms with Gasteiger partial charge >= 0.3 is 8.56 Å². The van der Waals surface area contributed by atoms with E-state index in [4.69, 9.17) is 8.85 Å². The first-order valence-corrected chi connectivity index (χ1v) is 16.1. The second kappa shape index (κ2) is 23.8. The van der Waals surface area contributed by atoms with E-state index in [2.05, 4.69) is 13.8 Å². The van der Waals surface area contributed by atoms with Crippen LogP contribution in [0, 0.1) is 0 Å². The minimum atomic E-state index is -1.92. The number of unbranched alkanes of at least 4 members (excludes halogenated alkanes) is 19. The Bertz CT molecular complexity index is 318. The molecular formula is C27H58O2Si. The van der Waals surface area contributed by atoms with Crippen LogP contribution in [0.1, 0.15) is 149 Å². The van der Waals surface area contributed by atoms with Gasteiger partial charge in [0.25, 0.3) is 0 Å². The van der Waals surface area contributed by atoms with Crippen LogP contribution in [-0.2, 0) is 8.85 Å². The molecule has 2 nitrogen and oxygen atoms in total. The first-order chi connectivity index (χ1) is 14.7. The molecule has 0 aliphatic heterocycles. The quantitative estimate of drug-likeness (QED) is 0.103. The molecule has 0 fully saturated rings. The van der Waals surface area contributed by atoms with Gasteiger partial charge in [-0.05, 0) is 12.1 Å². The van der Waals surface area contributed by atoms with E-state index in [0.717, 1.165) is 0 Å². The lowest BCUT2D eigenvalue weighted by atomic mass is 10.0. The lowest BCUT2D eigenvalue weighted by Crippen LogP contribution is -2.39. The van der Waals surface area contributed by atoms with Crippen molar-refractivity contribution in [1.82, 2.24) is 0 Å². The molecule has 0 heterocycles. The van der Waals surface area contributed by atoms with E-state index in [1.54, 1.807) is 0 Å². The summed E-state index contributed by atoms with van der Waals surface area (Å²) in [6.45, 7) is 4.58. The zero-order valence-corrected chi connectivity index (χ0v) is 22.6. The third-order valence-electron chi connectivity index (χ3n) is 6.82. The Balaban J connectivity index is 3.55. The van der Waals surface area contributed by atoms with Gasteiger partial charge < -0.3 is 8.85 Å². The SMILES string of the molecule is CCCCCCCCCCCCCCCC[Si](CCCCCCCCC)(OC)OC. The van der Waals surface area contributed by atoms with Crippen molar-refractivity contribution in [3.63, 3.8) is 0 Å². The van der Waals surface area contributed by atoms with Gasteiger partial charge in [0, 0.05) is 14.2 Å².